The Balaban J connectivity index is 1.72. The van der Waals surface area contributed by atoms with Gasteiger partial charge in [0.05, 0.1) is 13.1 Å². The summed E-state index contributed by atoms with van der Waals surface area (Å²) in [4.78, 5) is 13.2. The maximum absolute atomic E-state index is 7.43. The zero-order valence-corrected chi connectivity index (χ0v) is 18.3. The highest BCUT2D eigenvalue weighted by atomic mass is 79.9. The maximum atomic E-state index is 7.43. The Morgan fingerprint density at radius 1 is 1.03 bits per heavy atom. The fourth-order valence-corrected chi connectivity index (χ4v) is 4.05. The molecule has 0 amide bonds. The molecule has 0 atom stereocenters. The van der Waals surface area contributed by atoms with Crippen molar-refractivity contribution in [2.24, 2.45) is 0 Å². The molecule has 29 heavy (non-hydrogen) atoms. The van der Waals surface area contributed by atoms with Crippen LogP contribution in [0.2, 0.25) is 0 Å². The summed E-state index contributed by atoms with van der Waals surface area (Å²) in [5.41, 5.74) is 7.93. The predicted octanol–water partition coefficient (Wildman–Crippen LogP) is 6.64. The van der Waals surface area contributed by atoms with Gasteiger partial charge in [0.25, 0.3) is 0 Å². The van der Waals surface area contributed by atoms with Crippen molar-refractivity contribution in [3.8, 4) is 11.1 Å². The second-order valence-electron chi connectivity index (χ2n) is 7.19. The molecule has 0 saturated heterocycles. The predicted molar refractivity (Wildman–Crippen MR) is 121 cm³/mol. The maximum Gasteiger partial charge on any atom is 0.194 e. The Labute approximate surface area is 179 Å². The molecule has 144 valence electrons. The highest BCUT2D eigenvalue weighted by Gasteiger charge is 2.14. The summed E-state index contributed by atoms with van der Waals surface area (Å²) >= 11 is 3.51. The minimum atomic E-state index is 0.657. The number of halogens is 1. The molecule has 0 aliphatic carbocycles. The molecule has 0 aliphatic heterocycles. The molecule has 5 heteroatoms. The third-order valence-corrected chi connectivity index (χ3v) is 5.60. The second kappa shape index (κ2) is 7.81. The molecule has 4 rings (SSSR count). The summed E-state index contributed by atoms with van der Waals surface area (Å²) < 4.78 is 3.19. The molecule has 0 N–H and O–H groups in total. The van der Waals surface area contributed by atoms with Crippen LogP contribution in [0.25, 0.3) is 27.1 Å². The van der Waals surface area contributed by atoms with E-state index in [0.29, 0.717) is 5.69 Å². The van der Waals surface area contributed by atoms with Crippen molar-refractivity contribution in [1.82, 2.24) is 14.5 Å². The van der Waals surface area contributed by atoms with Crippen molar-refractivity contribution in [3.63, 3.8) is 0 Å². The number of rotatable bonds is 4. The van der Waals surface area contributed by atoms with Crippen LogP contribution in [-0.4, -0.2) is 14.5 Å². The fraction of sp³-hybridized carbons (Fsp3) is 0.208. The lowest BCUT2D eigenvalue weighted by Crippen LogP contribution is -2.05. The lowest BCUT2D eigenvalue weighted by Gasteiger charge is -2.10. The van der Waals surface area contributed by atoms with Crippen LogP contribution in [0.4, 0.5) is 5.69 Å². The van der Waals surface area contributed by atoms with Crippen LogP contribution in [0.1, 0.15) is 29.6 Å². The first-order chi connectivity index (χ1) is 14.0. The summed E-state index contributed by atoms with van der Waals surface area (Å²) in [6.45, 7) is 14.4. The monoisotopic (exact) mass is 444 g/mol. The first-order valence-electron chi connectivity index (χ1n) is 9.60. The fourth-order valence-electron chi connectivity index (χ4n) is 3.69. The van der Waals surface area contributed by atoms with E-state index in [-0.39, 0.29) is 0 Å². The van der Waals surface area contributed by atoms with Crippen molar-refractivity contribution in [3.05, 3.63) is 87.1 Å². The average molecular weight is 445 g/mol. The average Bonchev–Trinajstić information content (AvgIpc) is 3.06. The number of hydrogen-bond donors (Lipinski definition) is 0. The van der Waals surface area contributed by atoms with E-state index >= 15 is 0 Å². The van der Waals surface area contributed by atoms with E-state index < -0.39 is 0 Å². The standard InChI is InChI=1S/C24H21BrN4/c1-5-22-28-23-15(2)12-16(3)27-24(23)29(22)14-17-6-8-18(9-7-17)20-13-19(25)10-11-21(20)26-4/h6-13H,5,14H2,1-3H3. The molecule has 4 aromatic rings. The minimum Gasteiger partial charge on any atom is -0.308 e. The first kappa shape index (κ1) is 19.4. The van der Waals surface area contributed by atoms with E-state index in [2.05, 4.69) is 69.5 Å². The molecule has 2 aromatic heterocycles. The highest BCUT2D eigenvalue weighted by Crippen LogP contribution is 2.33. The quantitative estimate of drug-likeness (QED) is 0.330. The van der Waals surface area contributed by atoms with Gasteiger partial charge < -0.3 is 4.57 Å². The second-order valence-corrected chi connectivity index (χ2v) is 8.11. The summed E-state index contributed by atoms with van der Waals surface area (Å²) in [5.74, 6) is 1.05. The molecule has 0 aliphatic rings. The van der Waals surface area contributed by atoms with Gasteiger partial charge in [-0.05, 0) is 42.2 Å². The van der Waals surface area contributed by atoms with Gasteiger partial charge >= 0.3 is 0 Å². The Kier molecular flexibility index (Phi) is 5.21. The topological polar surface area (TPSA) is 35.1 Å². The van der Waals surface area contributed by atoms with Crippen LogP contribution in [0.15, 0.2) is 53.0 Å². The van der Waals surface area contributed by atoms with Crippen molar-refractivity contribution in [2.75, 3.05) is 0 Å². The van der Waals surface area contributed by atoms with Crippen molar-refractivity contribution in [1.29, 1.82) is 0 Å². The van der Waals surface area contributed by atoms with Gasteiger partial charge in [0, 0.05) is 16.6 Å². The van der Waals surface area contributed by atoms with Crippen LogP contribution in [0.5, 0.6) is 0 Å². The summed E-state index contributed by atoms with van der Waals surface area (Å²) in [6, 6.07) is 16.2. The smallest absolute Gasteiger partial charge is 0.194 e. The molecule has 0 unspecified atom stereocenters. The number of imidazole rings is 1. The Morgan fingerprint density at radius 2 is 1.79 bits per heavy atom. The highest BCUT2D eigenvalue weighted by molar-refractivity contribution is 9.10. The van der Waals surface area contributed by atoms with Crippen molar-refractivity contribution in [2.45, 2.75) is 33.7 Å². The number of benzene rings is 2. The SMILES string of the molecule is [C-]#[N+]c1ccc(Br)cc1-c1ccc(Cn2c(CC)nc3c(C)cc(C)nc32)cc1. The molecular formula is C24H21BrN4. The summed E-state index contributed by atoms with van der Waals surface area (Å²) in [6.07, 6.45) is 0.860. The van der Waals surface area contributed by atoms with Crippen LogP contribution in [0.3, 0.4) is 0 Å². The summed E-state index contributed by atoms with van der Waals surface area (Å²) in [7, 11) is 0. The lowest BCUT2D eigenvalue weighted by atomic mass is 10.0. The molecule has 0 radical (unpaired) electrons. The Morgan fingerprint density at radius 3 is 2.48 bits per heavy atom. The van der Waals surface area contributed by atoms with Gasteiger partial charge in [0.1, 0.15) is 11.3 Å². The third-order valence-electron chi connectivity index (χ3n) is 5.10. The zero-order chi connectivity index (χ0) is 20.5. The molecule has 2 aromatic carbocycles. The molecule has 2 heterocycles. The number of fused-ring (bicyclic) bond motifs is 1. The van der Waals surface area contributed by atoms with Crippen LogP contribution < -0.4 is 0 Å². The van der Waals surface area contributed by atoms with E-state index in [9.17, 15) is 0 Å². The molecule has 4 nitrogen and oxygen atoms in total. The van der Waals surface area contributed by atoms with Crippen LogP contribution in [-0.2, 0) is 13.0 Å². The van der Waals surface area contributed by atoms with Gasteiger partial charge in [-0.15, -0.1) is 0 Å². The van der Waals surface area contributed by atoms with E-state index in [1.165, 1.54) is 5.56 Å². The molecule has 0 bridgehead atoms. The molecule has 0 spiro atoms. The van der Waals surface area contributed by atoms with Crippen molar-refractivity contribution < 1.29 is 0 Å². The Bertz CT molecular complexity index is 1250. The summed E-state index contributed by atoms with van der Waals surface area (Å²) in [5, 5.41) is 0. The minimum absolute atomic E-state index is 0.657. The van der Waals surface area contributed by atoms with E-state index in [1.54, 1.807) is 0 Å². The van der Waals surface area contributed by atoms with Gasteiger partial charge in [-0.3, -0.25) is 0 Å². The molecule has 0 fully saturated rings. The number of aromatic nitrogens is 3. The van der Waals surface area contributed by atoms with Gasteiger partial charge in [-0.2, -0.15) is 0 Å². The normalized spacial score (nSPS) is 11.0. The van der Waals surface area contributed by atoms with Gasteiger partial charge in [0.2, 0.25) is 0 Å². The van der Waals surface area contributed by atoms with Crippen LogP contribution >= 0.6 is 15.9 Å². The van der Waals surface area contributed by atoms with Crippen molar-refractivity contribution >= 4 is 32.8 Å². The van der Waals surface area contributed by atoms with Gasteiger partial charge in [0.15, 0.2) is 11.3 Å². The number of nitrogens with zero attached hydrogens (tertiary/aromatic N) is 4. The van der Waals surface area contributed by atoms with Gasteiger partial charge in [-0.25, -0.2) is 14.8 Å². The van der Waals surface area contributed by atoms with E-state index in [1.807, 2.05) is 25.1 Å². The van der Waals surface area contributed by atoms with Gasteiger partial charge in [-0.1, -0.05) is 65.3 Å². The van der Waals surface area contributed by atoms with Crippen LogP contribution in [0, 0.1) is 20.4 Å². The third kappa shape index (κ3) is 3.68. The number of pyridine rings is 1. The number of aryl methyl sites for hydroxylation is 3. The largest absolute Gasteiger partial charge is 0.308 e. The van der Waals surface area contributed by atoms with E-state index in [4.69, 9.17) is 16.5 Å². The zero-order valence-electron chi connectivity index (χ0n) is 16.7. The lowest BCUT2D eigenvalue weighted by molar-refractivity contribution is 0.745. The Hall–Kier alpha value is -2.97. The molecular weight excluding hydrogens is 424 g/mol. The number of hydrogen-bond acceptors (Lipinski definition) is 2. The van der Waals surface area contributed by atoms with E-state index in [0.717, 1.165) is 56.8 Å². The first-order valence-corrected chi connectivity index (χ1v) is 10.4. The molecule has 0 saturated carbocycles.